The number of halogens is 2. The molecule has 22 heavy (non-hydrogen) atoms. The van der Waals surface area contributed by atoms with Crippen LogP contribution in [-0.2, 0) is 10.0 Å². The van der Waals surface area contributed by atoms with E-state index in [0.717, 1.165) is 0 Å². The molecule has 2 fully saturated rings. The van der Waals surface area contributed by atoms with Crippen molar-refractivity contribution in [3.63, 3.8) is 0 Å². The van der Waals surface area contributed by atoms with E-state index in [9.17, 15) is 17.2 Å². The first-order valence-corrected chi connectivity index (χ1v) is 8.58. The number of hydrogen-bond acceptors (Lipinski definition) is 4. The van der Waals surface area contributed by atoms with Crippen molar-refractivity contribution in [3.05, 3.63) is 24.5 Å². The molecule has 0 aliphatic heterocycles. The molecule has 0 bridgehead atoms. The SMILES string of the molecule is O=S(=O)(NC1CCCC2C1C2(F)F)c1cnc2cccnn12. The van der Waals surface area contributed by atoms with Crippen molar-refractivity contribution < 1.29 is 17.2 Å². The summed E-state index contributed by atoms with van der Waals surface area (Å²) in [6.45, 7) is 0. The predicted molar refractivity (Wildman–Crippen MR) is 72.9 cm³/mol. The van der Waals surface area contributed by atoms with Gasteiger partial charge >= 0.3 is 0 Å². The van der Waals surface area contributed by atoms with Crippen molar-refractivity contribution in [2.75, 3.05) is 0 Å². The zero-order valence-electron chi connectivity index (χ0n) is 11.5. The van der Waals surface area contributed by atoms with Gasteiger partial charge in [-0.2, -0.15) is 5.10 Å². The molecule has 2 aromatic heterocycles. The second kappa shape index (κ2) is 4.45. The van der Waals surface area contributed by atoms with Gasteiger partial charge in [-0.3, -0.25) is 0 Å². The Hall–Kier alpha value is -1.61. The van der Waals surface area contributed by atoms with Crippen molar-refractivity contribution in [3.8, 4) is 0 Å². The van der Waals surface area contributed by atoms with Gasteiger partial charge in [0.2, 0.25) is 0 Å². The summed E-state index contributed by atoms with van der Waals surface area (Å²) >= 11 is 0. The third-order valence-corrected chi connectivity index (χ3v) is 6.00. The van der Waals surface area contributed by atoms with Crippen LogP contribution in [0.4, 0.5) is 8.78 Å². The highest BCUT2D eigenvalue weighted by Crippen LogP contribution is 2.62. The smallest absolute Gasteiger partial charge is 0.234 e. The molecule has 3 unspecified atom stereocenters. The molecule has 2 aliphatic carbocycles. The lowest BCUT2D eigenvalue weighted by molar-refractivity contribution is 0.0819. The molecule has 118 valence electrons. The third kappa shape index (κ3) is 1.95. The van der Waals surface area contributed by atoms with Crippen molar-refractivity contribution in [1.82, 2.24) is 19.3 Å². The van der Waals surface area contributed by atoms with Gasteiger partial charge < -0.3 is 0 Å². The third-order valence-electron chi connectivity index (χ3n) is 4.56. The Morgan fingerprint density at radius 1 is 1.36 bits per heavy atom. The number of rotatable bonds is 3. The van der Waals surface area contributed by atoms with Crippen molar-refractivity contribution in [2.45, 2.75) is 36.3 Å². The summed E-state index contributed by atoms with van der Waals surface area (Å²) < 4.78 is 55.9. The molecule has 2 saturated carbocycles. The van der Waals surface area contributed by atoms with E-state index in [1.807, 2.05) is 0 Å². The fourth-order valence-corrected chi connectivity index (χ4v) is 4.80. The normalized spacial score (nSPS) is 30.2. The Morgan fingerprint density at radius 3 is 3.00 bits per heavy atom. The van der Waals surface area contributed by atoms with Crippen molar-refractivity contribution in [1.29, 1.82) is 0 Å². The molecule has 2 aromatic rings. The summed E-state index contributed by atoms with van der Waals surface area (Å²) in [5.41, 5.74) is 0.390. The maximum Gasteiger partial charge on any atom is 0.260 e. The lowest BCUT2D eigenvalue weighted by atomic mass is 9.96. The maximum absolute atomic E-state index is 13.7. The molecule has 6 nitrogen and oxygen atoms in total. The standard InChI is InChI=1S/C13H14F2N4O2S/c14-13(15)8-3-1-4-9(12(8)13)18-22(20,21)11-7-16-10-5-2-6-17-19(10)11/h2,5-9,12,18H,1,3-4H2. The van der Waals surface area contributed by atoms with Gasteiger partial charge in [0.05, 0.1) is 6.20 Å². The summed E-state index contributed by atoms with van der Waals surface area (Å²) in [6.07, 6.45) is 4.14. The van der Waals surface area contributed by atoms with Crippen LogP contribution in [-0.4, -0.2) is 35.0 Å². The Morgan fingerprint density at radius 2 is 2.18 bits per heavy atom. The summed E-state index contributed by atoms with van der Waals surface area (Å²) in [6, 6.07) is 2.54. The highest BCUT2D eigenvalue weighted by atomic mass is 32.2. The number of nitrogens with one attached hydrogen (secondary N) is 1. The molecule has 0 saturated heterocycles. The van der Waals surface area contributed by atoms with Gasteiger partial charge in [-0.25, -0.2) is 31.4 Å². The lowest BCUT2D eigenvalue weighted by Crippen LogP contribution is -2.39. The summed E-state index contributed by atoms with van der Waals surface area (Å²) in [5, 5.41) is 3.82. The minimum absolute atomic E-state index is 0.130. The lowest BCUT2D eigenvalue weighted by Gasteiger charge is -2.20. The fourth-order valence-electron chi connectivity index (χ4n) is 3.46. The molecular formula is C13H14F2N4O2S. The first kappa shape index (κ1) is 14.0. The maximum atomic E-state index is 13.7. The van der Waals surface area contributed by atoms with Crippen LogP contribution < -0.4 is 4.72 Å². The molecule has 0 amide bonds. The number of fused-ring (bicyclic) bond motifs is 2. The number of aromatic nitrogens is 3. The molecule has 3 atom stereocenters. The van der Waals surface area contributed by atoms with Crippen LogP contribution in [0.2, 0.25) is 0 Å². The van der Waals surface area contributed by atoms with Gasteiger partial charge in [0.1, 0.15) is 0 Å². The van der Waals surface area contributed by atoms with Gasteiger partial charge in [0, 0.05) is 24.1 Å². The van der Waals surface area contributed by atoms with Gasteiger partial charge in [0.15, 0.2) is 10.7 Å². The Bertz CT molecular complexity index is 835. The molecule has 0 aromatic carbocycles. The van der Waals surface area contributed by atoms with E-state index in [0.29, 0.717) is 24.9 Å². The zero-order chi connectivity index (χ0) is 15.5. The molecule has 2 aliphatic rings. The van der Waals surface area contributed by atoms with Crippen molar-refractivity contribution >= 4 is 15.7 Å². The Labute approximate surface area is 125 Å². The molecule has 9 heteroatoms. The summed E-state index contributed by atoms with van der Waals surface area (Å²) in [4.78, 5) is 3.97. The first-order chi connectivity index (χ1) is 10.4. The van der Waals surface area contributed by atoms with Crippen LogP contribution in [0.15, 0.2) is 29.6 Å². The van der Waals surface area contributed by atoms with Crippen LogP contribution in [0, 0.1) is 11.8 Å². The predicted octanol–water partition coefficient (Wildman–Crippen LogP) is 1.44. The number of hydrogen-bond donors (Lipinski definition) is 1. The first-order valence-electron chi connectivity index (χ1n) is 7.10. The second-order valence-electron chi connectivity index (χ2n) is 5.86. The highest BCUT2D eigenvalue weighted by molar-refractivity contribution is 7.89. The monoisotopic (exact) mass is 328 g/mol. The van der Waals surface area contributed by atoms with Crippen LogP contribution in [0.5, 0.6) is 0 Å². The van der Waals surface area contributed by atoms with E-state index in [1.165, 1.54) is 16.9 Å². The van der Waals surface area contributed by atoms with Crippen LogP contribution in [0.3, 0.4) is 0 Å². The van der Waals surface area contributed by atoms with E-state index in [1.54, 1.807) is 12.1 Å². The quantitative estimate of drug-likeness (QED) is 0.925. The zero-order valence-corrected chi connectivity index (χ0v) is 12.3. The fraction of sp³-hybridized carbons (Fsp3) is 0.538. The number of imidazole rings is 1. The van der Waals surface area contributed by atoms with E-state index >= 15 is 0 Å². The Balaban J connectivity index is 1.65. The molecule has 0 spiro atoms. The molecule has 0 radical (unpaired) electrons. The largest absolute Gasteiger partial charge is 0.260 e. The van der Waals surface area contributed by atoms with Gasteiger partial charge in [-0.1, -0.05) is 6.42 Å². The van der Waals surface area contributed by atoms with Crippen LogP contribution >= 0.6 is 0 Å². The minimum atomic E-state index is -3.94. The van der Waals surface area contributed by atoms with E-state index in [2.05, 4.69) is 14.8 Å². The molecule has 1 N–H and O–H groups in total. The second-order valence-corrected chi connectivity index (χ2v) is 7.52. The highest BCUT2D eigenvalue weighted by Gasteiger charge is 2.71. The minimum Gasteiger partial charge on any atom is -0.234 e. The molecule has 2 heterocycles. The van der Waals surface area contributed by atoms with E-state index in [4.69, 9.17) is 0 Å². The Kier molecular flexibility index (Phi) is 2.83. The van der Waals surface area contributed by atoms with Crippen LogP contribution in [0.1, 0.15) is 19.3 Å². The number of nitrogens with zero attached hydrogens (tertiary/aromatic N) is 3. The average molecular weight is 328 g/mol. The number of sulfonamides is 1. The summed E-state index contributed by atoms with van der Waals surface area (Å²) in [5.74, 6) is -4.32. The average Bonchev–Trinajstić information content (AvgIpc) is 2.85. The van der Waals surface area contributed by atoms with E-state index < -0.39 is 33.8 Å². The molecular weight excluding hydrogens is 314 g/mol. The molecule has 4 rings (SSSR count). The topological polar surface area (TPSA) is 76.4 Å². The van der Waals surface area contributed by atoms with E-state index in [-0.39, 0.29) is 5.03 Å². The summed E-state index contributed by atoms with van der Waals surface area (Å²) in [7, 11) is -3.94. The van der Waals surface area contributed by atoms with Crippen molar-refractivity contribution in [2.24, 2.45) is 11.8 Å². The van der Waals surface area contributed by atoms with Gasteiger partial charge in [-0.15, -0.1) is 0 Å². The van der Waals surface area contributed by atoms with Gasteiger partial charge in [0.25, 0.3) is 15.9 Å². The number of alkyl halides is 2. The van der Waals surface area contributed by atoms with Gasteiger partial charge in [-0.05, 0) is 25.0 Å². The van der Waals surface area contributed by atoms with Crippen LogP contribution in [0.25, 0.3) is 5.65 Å².